The number of hydrogen-bond donors (Lipinski definition) is 1. The van der Waals surface area contributed by atoms with Crippen molar-refractivity contribution >= 4 is 15.9 Å². The number of amides is 1. The van der Waals surface area contributed by atoms with Gasteiger partial charge >= 0.3 is 6.09 Å². The minimum absolute atomic E-state index is 0.0801. The van der Waals surface area contributed by atoms with Crippen LogP contribution in [0.2, 0.25) is 0 Å². The highest BCUT2D eigenvalue weighted by atomic mass is 32.2. The van der Waals surface area contributed by atoms with E-state index in [1.165, 1.54) is 24.5 Å². The van der Waals surface area contributed by atoms with E-state index in [-0.39, 0.29) is 17.2 Å². The van der Waals surface area contributed by atoms with E-state index in [1.807, 2.05) is 0 Å². The Hall–Kier alpha value is -3.13. The van der Waals surface area contributed by atoms with Gasteiger partial charge in [-0.25, -0.2) is 17.6 Å². The highest BCUT2D eigenvalue weighted by Crippen LogP contribution is 2.29. The van der Waals surface area contributed by atoms with Gasteiger partial charge in [-0.2, -0.15) is 0 Å². The van der Waals surface area contributed by atoms with Gasteiger partial charge in [0, 0.05) is 6.54 Å². The lowest BCUT2D eigenvalue weighted by molar-refractivity contribution is 0.200. The average molecular weight is 389 g/mol. The molecular formula is C19H16FNO5S. The molecule has 0 bridgehead atoms. The highest BCUT2D eigenvalue weighted by Gasteiger charge is 2.32. The molecule has 0 aliphatic rings. The largest absolute Gasteiger partial charge is 0.468 e. The molecule has 0 radical (unpaired) electrons. The molecule has 27 heavy (non-hydrogen) atoms. The van der Waals surface area contributed by atoms with Crippen molar-refractivity contribution in [3.63, 3.8) is 0 Å². The monoisotopic (exact) mass is 389 g/mol. The number of furan rings is 1. The van der Waals surface area contributed by atoms with Crippen molar-refractivity contribution in [2.24, 2.45) is 0 Å². The molecule has 1 atom stereocenters. The molecule has 0 spiro atoms. The van der Waals surface area contributed by atoms with E-state index >= 15 is 0 Å². The number of carbonyl (C=O) groups excluding carboxylic acids is 1. The number of ether oxygens (including phenoxy) is 1. The summed E-state index contributed by atoms with van der Waals surface area (Å²) in [6.45, 7) is -0.279. The minimum Gasteiger partial charge on any atom is -0.468 e. The summed E-state index contributed by atoms with van der Waals surface area (Å²) in [5.74, 6) is -0.0710. The fourth-order valence-electron chi connectivity index (χ4n) is 2.43. The zero-order valence-electron chi connectivity index (χ0n) is 14.0. The maximum absolute atomic E-state index is 13.1. The number of benzene rings is 2. The minimum atomic E-state index is -3.94. The molecule has 0 aliphatic heterocycles. The molecule has 2 aromatic carbocycles. The Morgan fingerprint density at radius 2 is 1.74 bits per heavy atom. The normalized spacial score (nSPS) is 12.3. The molecule has 3 aromatic rings. The quantitative estimate of drug-likeness (QED) is 0.650. The Balaban J connectivity index is 1.78. The van der Waals surface area contributed by atoms with E-state index in [9.17, 15) is 17.6 Å². The number of para-hydroxylation sites is 1. The number of sulfone groups is 1. The molecule has 0 fully saturated rings. The van der Waals surface area contributed by atoms with Crippen LogP contribution in [0.5, 0.6) is 5.75 Å². The number of hydrogen-bond acceptors (Lipinski definition) is 5. The van der Waals surface area contributed by atoms with Crippen LogP contribution in [-0.2, 0) is 9.84 Å². The van der Waals surface area contributed by atoms with E-state index in [0.717, 1.165) is 12.1 Å². The summed E-state index contributed by atoms with van der Waals surface area (Å²) in [5, 5.41) is 1.24. The van der Waals surface area contributed by atoms with Crippen LogP contribution in [0.3, 0.4) is 0 Å². The van der Waals surface area contributed by atoms with Gasteiger partial charge in [-0.15, -0.1) is 0 Å². The molecule has 140 valence electrons. The first-order valence-corrected chi connectivity index (χ1v) is 9.55. The predicted molar refractivity (Wildman–Crippen MR) is 95.5 cm³/mol. The van der Waals surface area contributed by atoms with Gasteiger partial charge in [0.15, 0.2) is 9.84 Å². The maximum atomic E-state index is 13.1. The molecule has 1 aromatic heterocycles. The van der Waals surface area contributed by atoms with E-state index in [0.29, 0.717) is 5.75 Å². The van der Waals surface area contributed by atoms with E-state index in [4.69, 9.17) is 9.15 Å². The molecule has 0 saturated carbocycles. The van der Waals surface area contributed by atoms with Gasteiger partial charge in [-0.1, -0.05) is 18.2 Å². The molecule has 0 aliphatic carbocycles. The van der Waals surface area contributed by atoms with Crippen molar-refractivity contribution in [2.75, 3.05) is 6.54 Å². The fourth-order valence-corrected chi connectivity index (χ4v) is 4.02. The Kier molecular flexibility index (Phi) is 5.56. The second-order valence-electron chi connectivity index (χ2n) is 5.59. The lowest BCUT2D eigenvalue weighted by Crippen LogP contribution is -2.33. The molecule has 8 heteroatoms. The van der Waals surface area contributed by atoms with Crippen LogP contribution in [0.1, 0.15) is 11.0 Å². The lowest BCUT2D eigenvalue weighted by Gasteiger charge is -2.16. The Labute approximate surface area is 155 Å². The maximum Gasteiger partial charge on any atom is 0.412 e. The number of nitrogens with one attached hydrogen (secondary N) is 1. The molecule has 3 rings (SSSR count). The molecular weight excluding hydrogens is 373 g/mol. The van der Waals surface area contributed by atoms with Gasteiger partial charge in [0.25, 0.3) is 0 Å². The molecule has 0 saturated heterocycles. The number of carbonyl (C=O) groups is 1. The van der Waals surface area contributed by atoms with Crippen LogP contribution in [0.15, 0.2) is 82.3 Å². The summed E-state index contributed by atoms with van der Waals surface area (Å²) in [4.78, 5) is 11.9. The third kappa shape index (κ3) is 4.53. The van der Waals surface area contributed by atoms with E-state index in [1.54, 1.807) is 36.4 Å². The van der Waals surface area contributed by atoms with Gasteiger partial charge in [0.1, 0.15) is 22.6 Å². The molecule has 0 unspecified atom stereocenters. The molecule has 1 heterocycles. The van der Waals surface area contributed by atoms with Crippen LogP contribution >= 0.6 is 0 Å². The van der Waals surface area contributed by atoms with Crippen molar-refractivity contribution in [1.29, 1.82) is 0 Å². The fraction of sp³-hybridized carbons (Fsp3) is 0.105. The Morgan fingerprint density at radius 3 is 2.37 bits per heavy atom. The predicted octanol–water partition coefficient (Wildman–Crippen LogP) is 3.72. The van der Waals surface area contributed by atoms with Crippen LogP contribution in [-0.4, -0.2) is 21.1 Å². The summed E-state index contributed by atoms with van der Waals surface area (Å²) in [6, 6.07) is 15.9. The first-order valence-electron chi connectivity index (χ1n) is 8.00. The zero-order valence-corrected chi connectivity index (χ0v) is 14.9. The van der Waals surface area contributed by atoms with Gasteiger partial charge in [0.2, 0.25) is 0 Å². The van der Waals surface area contributed by atoms with Crippen LogP contribution < -0.4 is 10.1 Å². The summed E-state index contributed by atoms with van der Waals surface area (Å²) >= 11 is 0. The van der Waals surface area contributed by atoms with Crippen molar-refractivity contribution in [3.05, 3.63) is 84.6 Å². The molecule has 1 amide bonds. The van der Waals surface area contributed by atoms with Crippen LogP contribution in [0.4, 0.5) is 9.18 Å². The van der Waals surface area contributed by atoms with Crippen molar-refractivity contribution in [3.8, 4) is 5.75 Å². The second-order valence-corrected chi connectivity index (χ2v) is 7.72. The molecule has 6 nitrogen and oxygen atoms in total. The van der Waals surface area contributed by atoms with Crippen molar-refractivity contribution < 1.29 is 26.8 Å². The SMILES string of the molecule is O=C(NC[C@@H](c1ccco1)S(=O)(=O)c1ccc(F)cc1)Oc1ccccc1. The van der Waals surface area contributed by atoms with E-state index in [2.05, 4.69) is 5.32 Å². The standard InChI is InChI=1S/C19H16FNO5S/c20-14-8-10-16(11-9-14)27(23,24)18(17-7-4-12-25-17)13-21-19(22)26-15-5-2-1-3-6-15/h1-12,18H,13H2,(H,21,22)/t18-/m0/s1. The summed E-state index contributed by atoms with van der Waals surface area (Å²) < 4.78 is 49.3. The smallest absolute Gasteiger partial charge is 0.412 e. The number of halogens is 1. The van der Waals surface area contributed by atoms with Gasteiger partial charge in [-0.05, 0) is 48.5 Å². The Morgan fingerprint density at radius 1 is 1.04 bits per heavy atom. The van der Waals surface area contributed by atoms with Crippen LogP contribution in [0.25, 0.3) is 0 Å². The van der Waals surface area contributed by atoms with Gasteiger partial charge in [-0.3, -0.25) is 0 Å². The third-order valence-electron chi connectivity index (χ3n) is 3.76. The highest BCUT2D eigenvalue weighted by molar-refractivity contribution is 7.91. The lowest BCUT2D eigenvalue weighted by atomic mass is 10.3. The van der Waals surface area contributed by atoms with Crippen molar-refractivity contribution in [2.45, 2.75) is 10.1 Å². The van der Waals surface area contributed by atoms with Crippen LogP contribution in [0, 0.1) is 5.82 Å². The van der Waals surface area contributed by atoms with Crippen molar-refractivity contribution in [1.82, 2.24) is 5.32 Å². The summed E-state index contributed by atoms with van der Waals surface area (Å²) in [5.41, 5.74) is 0. The Bertz CT molecular complexity index is 986. The topological polar surface area (TPSA) is 85.6 Å². The van der Waals surface area contributed by atoms with Gasteiger partial charge < -0.3 is 14.5 Å². The first-order chi connectivity index (χ1) is 13.0. The molecule has 1 N–H and O–H groups in total. The first kappa shape index (κ1) is 18.7. The summed E-state index contributed by atoms with van der Waals surface area (Å²) in [6.07, 6.45) is 0.539. The van der Waals surface area contributed by atoms with Gasteiger partial charge in [0.05, 0.1) is 11.2 Å². The second kappa shape index (κ2) is 8.05. The average Bonchev–Trinajstić information content (AvgIpc) is 3.17. The van der Waals surface area contributed by atoms with E-state index < -0.39 is 27.0 Å². The third-order valence-corrected chi connectivity index (χ3v) is 5.84. The summed E-state index contributed by atoms with van der Waals surface area (Å²) in [7, 11) is -3.94. The zero-order chi connectivity index (χ0) is 19.3. The number of rotatable bonds is 6.